The Bertz CT molecular complexity index is 373. The molecule has 4 heteroatoms. The van der Waals surface area contributed by atoms with Crippen LogP contribution in [0.1, 0.15) is 12.0 Å². The molecule has 0 radical (unpaired) electrons. The number of rotatable bonds is 3. The molecule has 0 spiro atoms. The van der Waals surface area contributed by atoms with Gasteiger partial charge in [0, 0.05) is 13.0 Å². The zero-order valence-electron chi connectivity index (χ0n) is 9.36. The molecule has 88 valence electrons. The van der Waals surface area contributed by atoms with Crippen LogP contribution in [0.25, 0.3) is 0 Å². The van der Waals surface area contributed by atoms with Gasteiger partial charge in [-0.3, -0.25) is 0 Å². The predicted molar refractivity (Wildman–Crippen MR) is 60.8 cm³/mol. The molecule has 3 N–H and O–H groups in total. The smallest absolute Gasteiger partial charge is 0.160 e. The highest BCUT2D eigenvalue weighted by molar-refractivity contribution is 5.42. The van der Waals surface area contributed by atoms with Crippen molar-refractivity contribution in [3.63, 3.8) is 0 Å². The van der Waals surface area contributed by atoms with Crippen LogP contribution in [0.3, 0.4) is 0 Å². The first-order valence-corrected chi connectivity index (χ1v) is 5.42. The van der Waals surface area contributed by atoms with Crippen molar-refractivity contribution in [3.05, 3.63) is 23.8 Å². The minimum Gasteiger partial charge on any atom is -0.504 e. The molecule has 16 heavy (non-hydrogen) atoms. The van der Waals surface area contributed by atoms with E-state index in [4.69, 9.17) is 4.74 Å². The van der Waals surface area contributed by atoms with Crippen molar-refractivity contribution in [3.8, 4) is 11.5 Å². The largest absolute Gasteiger partial charge is 0.504 e. The van der Waals surface area contributed by atoms with Crippen molar-refractivity contribution in [2.45, 2.75) is 18.4 Å². The highest BCUT2D eigenvalue weighted by Crippen LogP contribution is 2.29. The van der Waals surface area contributed by atoms with Crippen LogP contribution in [0, 0.1) is 0 Å². The van der Waals surface area contributed by atoms with Gasteiger partial charge in [-0.25, -0.2) is 0 Å². The van der Waals surface area contributed by atoms with Gasteiger partial charge in [0.25, 0.3) is 0 Å². The molecule has 0 bridgehead atoms. The molecule has 1 aliphatic heterocycles. The van der Waals surface area contributed by atoms with Crippen LogP contribution < -0.4 is 10.1 Å². The van der Waals surface area contributed by atoms with E-state index in [1.807, 2.05) is 6.07 Å². The molecule has 1 fully saturated rings. The van der Waals surface area contributed by atoms with Gasteiger partial charge in [0.1, 0.15) is 0 Å². The highest BCUT2D eigenvalue weighted by Gasteiger charge is 2.31. The lowest BCUT2D eigenvalue weighted by atomic mass is 9.93. The van der Waals surface area contributed by atoms with Gasteiger partial charge >= 0.3 is 0 Å². The average molecular weight is 223 g/mol. The Morgan fingerprint density at radius 1 is 1.50 bits per heavy atom. The van der Waals surface area contributed by atoms with Crippen LogP contribution in [0.4, 0.5) is 0 Å². The number of nitrogens with one attached hydrogen (secondary N) is 1. The molecule has 1 aromatic carbocycles. The summed E-state index contributed by atoms with van der Waals surface area (Å²) < 4.78 is 4.97. The van der Waals surface area contributed by atoms with E-state index in [1.165, 1.54) is 7.11 Å². The van der Waals surface area contributed by atoms with E-state index in [1.54, 1.807) is 12.1 Å². The third kappa shape index (κ3) is 2.28. The van der Waals surface area contributed by atoms with E-state index < -0.39 is 5.60 Å². The Balaban J connectivity index is 2.13. The minimum absolute atomic E-state index is 0.120. The SMILES string of the molecule is COc1ccc(CC2(O)CCNC2)cc1O. The fraction of sp³-hybridized carbons (Fsp3) is 0.500. The molecular formula is C12H17NO3. The normalized spacial score (nSPS) is 24.6. The van der Waals surface area contributed by atoms with Crippen molar-refractivity contribution < 1.29 is 14.9 Å². The first kappa shape index (κ1) is 11.2. The Morgan fingerprint density at radius 2 is 2.31 bits per heavy atom. The number of benzene rings is 1. The number of phenolic OH excluding ortho intramolecular Hbond substituents is 1. The Morgan fingerprint density at radius 3 is 2.88 bits per heavy atom. The number of hydrogen-bond donors (Lipinski definition) is 3. The standard InChI is InChI=1S/C12H17NO3/c1-16-11-3-2-9(6-10(11)14)7-12(15)4-5-13-8-12/h2-3,6,13-15H,4-5,7-8H2,1H3. The van der Waals surface area contributed by atoms with Gasteiger partial charge < -0.3 is 20.3 Å². The summed E-state index contributed by atoms with van der Waals surface area (Å²) in [6.45, 7) is 1.46. The van der Waals surface area contributed by atoms with E-state index in [9.17, 15) is 10.2 Å². The van der Waals surface area contributed by atoms with Gasteiger partial charge in [0.15, 0.2) is 11.5 Å². The molecule has 0 aromatic heterocycles. The molecule has 1 atom stereocenters. The number of hydrogen-bond acceptors (Lipinski definition) is 4. The van der Waals surface area contributed by atoms with Gasteiger partial charge in [0.05, 0.1) is 12.7 Å². The van der Waals surface area contributed by atoms with Crippen molar-refractivity contribution >= 4 is 0 Å². The monoisotopic (exact) mass is 223 g/mol. The Kier molecular flexibility index (Phi) is 3.03. The van der Waals surface area contributed by atoms with Crippen LogP contribution in [-0.2, 0) is 6.42 Å². The molecule has 4 nitrogen and oxygen atoms in total. The molecule has 0 saturated carbocycles. The summed E-state index contributed by atoms with van der Waals surface area (Å²) in [5, 5.41) is 22.9. The predicted octanol–water partition coefficient (Wildman–Crippen LogP) is 0.668. The maximum Gasteiger partial charge on any atom is 0.160 e. The van der Waals surface area contributed by atoms with Crippen LogP contribution in [0.5, 0.6) is 11.5 Å². The number of phenols is 1. The summed E-state index contributed by atoms with van der Waals surface area (Å²) in [7, 11) is 1.52. The summed E-state index contributed by atoms with van der Waals surface area (Å²) in [5.41, 5.74) is 0.241. The quantitative estimate of drug-likeness (QED) is 0.704. The highest BCUT2D eigenvalue weighted by atomic mass is 16.5. The molecule has 0 aliphatic carbocycles. The van der Waals surface area contributed by atoms with Gasteiger partial charge in [-0.15, -0.1) is 0 Å². The molecule has 1 aromatic rings. The lowest BCUT2D eigenvalue weighted by molar-refractivity contribution is 0.0618. The van der Waals surface area contributed by atoms with E-state index in [0.717, 1.165) is 18.5 Å². The van der Waals surface area contributed by atoms with Gasteiger partial charge in [0.2, 0.25) is 0 Å². The first-order chi connectivity index (χ1) is 7.63. The summed E-state index contributed by atoms with van der Waals surface area (Å²) in [4.78, 5) is 0. The summed E-state index contributed by atoms with van der Waals surface area (Å²) >= 11 is 0. The van der Waals surface area contributed by atoms with Crippen molar-refractivity contribution in [1.82, 2.24) is 5.32 Å². The second-order valence-electron chi connectivity index (χ2n) is 4.33. The molecule has 2 rings (SSSR count). The summed E-state index contributed by atoms with van der Waals surface area (Å²) in [6.07, 6.45) is 1.30. The molecular weight excluding hydrogens is 206 g/mol. The van der Waals surface area contributed by atoms with Gasteiger partial charge in [-0.05, 0) is 30.7 Å². The van der Waals surface area contributed by atoms with E-state index >= 15 is 0 Å². The lowest BCUT2D eigenvalue weighted by Crippen LogP contribution is -2.33. The molecule has 1 unspecified atom stereocenters. The third-order valence-electron chi connectivity index (χ3n) is 3.00. The second-order valence-corrected chi connectivity index (χ2v) is 4.33. The number of ether oxygens (including phenoxy) is 1. The van der Waals surface area contributed by atoms with Gasteiger partial charge in [-0.1, -0.05) is 6.07 Å². The molecule has 1 saturated heterocycles. The second kappa shape index (κ2) is 4.31. The van der Waals surface area contributed by atoms with Crippen LogP contribution >= 0.6 is 0 Å². The molecule has 1 heterocycles. The number of methoxy groups -OCH3 is 1. The average Bonchev–Trinajstić information content (AvgIpc) is 2.65. The van der Waals surface area contributed by atoms with Crippen LogP contribution in [-0.4, -0.2) is 36.0 Å². The molecule has 0 amide bonds. The maximum absolute atomic E-state index is 10.2. The maximum atomic E-state index is 10.2. The third-order valence-corrected chi connectivity index (χ3v) is 3.00. The summed E-state index contributed by atoms with van der Waals surface area (Å²) in [6, 6.07) is 5.24. The van der Waals surface area contributed by atoms with Gasteiger partial charge in [-0.2, -0.15) is 0 Å². The van der Waals surface area contributed by atoms with E-state index in [2.05, 4.69) is 5.32 Å². The lowest BCUT2D eigenvalue weighted by Gasteiger charge is -2.21. The van der Waals surface area contributed by atoms with E-state index in [0.29, 0.717) is 18.7 Å². The zero-order valence-corrected chi connectivity index (χ0v) is 9.36. The summed E-state index contributed by atoms with van der Waals surface area (Å²) in [5.74, 6) is 0.579. The number of β-amino-alcohol motifs (C(OH)–C–C–N with tert-alkyl or cyclic N) is 1. The zero-order chi connectivity index (χ0) is 11.6. The minimum atomic E-state index is -0.680. The fourth-order valence-corrected chi connectivity index (χ4v) is 2.11. The molecule has 1 aliphatic rings. The number of aliphatic hydroxyl groups is 1. The van der Waals surface area contributed by atoms with E-state index in [-0.39, 0.29) is 5.75 Å². The van der Waals surface area contributed by atoms with Crippen LogP contribution in [0.2, 0.25) is 0 Å². The first-order valence-electron chi connectivity index (χ1n) is 5.42. The Hall–Kier alpha value is -1.26. The number of aromatic hydroxyl groups is 1. The Labute approximate surface area is 94.9 Å². The van der Waals surface area contributed by atoms with Crippen molar-refractivity contribution in [2.24, 2.45) is 0 Å². The topological polar surface area (TPSA) is 61.7 Å². The van der Waals surface area contributed by atoms with Crippen LogP contribution in [0.15, 0.2) is 18.2 Å². The van der Waals surface area contributed by atoms with Crippen molar-refractivity contribution in [2.75, 3.05) is 20.2 Å². The fourth-order valence-electron chi connectivity index (χ4n) is 2.11. The van der Waals surface area contributed by atoms with Crippen molar-refractivity contribution in [1.29, 1.82) is 0 Å².